The van der Waals surface area contributed by atoms with Crippen molar-refractivity contribution in [3.05, 3.63) is 71.5 Å². The van der Waals surface area contributed by atoms with Crippen LogP contribution in [0.5, 0.6) is 0 Å². The Hall–Kier alpha value is -2.64. The summed E-state index contributed by atoms with van der Waals surface area (Å²) in [5.74, 6) is 1.08. The zero-order valence-corrected chi connectivity index (χ0v) is 14.5. The summed E-state index contributed by atoms with van der Waals surface area (Å²) in [5, 5.41) is 17.4. The zero-order chi connectivity index (χ0) is 17.1. The number of aromatic nitrogens is 5. The fourth-order valence-corrected chi connectivity index (χ4v) is 3.08. The smallest absolute Gasteiger partial charge is 0.277 e. The summed E-state index contributed by atoms with van der Waals surface area (Å²) in [4.78, 5) is 0. The summed E-state index contributed by atoms with van der Waals surface area (Å²) < 4.78 is 7.50. The van der Waals surface area contributed by atoms with Crippen molar-refractivity contribution in [3.8, 4) is 17.1 Å². The van der Waals surface area contributed by atoms with E-state index in [1.807, 2.05) is 42.5 Å². The second-order valence-electron chi connectivity index (χ2n) is 5.14. The van der Waals surface area contributed by atoms with E-state index in [9.17, 15) is 0 Å². The molecule has 2 aromatic heterocycles. The predicted molar refractivity (Wildman–Crippen MR) is 95.7 cm³/mol. The highest BCUT2D eigenvalue weighted by Crippen LogP contribution is 2.26. The van der Waals surface area contributed by atoms with E-state index in [4.69, 9.17) is 16.0 Å². The van der Waals surface area contributed by atoms with Crippen molar-refractivity contribution in [2.75, 3.05) is 0 Å². The van der Waals surface area contributed by atoms with Crippen molar-refractivity contribution in [3.63, 3.8) is 0 Å². The first kappa shape index (κ1) is 15.9. The standard InChI is InChI=1S/C17H12ClN5OS/c18-13-8-6-12(7-9-13)16-20-21-17(24-16)25-11-15-10-19-22-23(15)14-4-2-1-3-5-14/h1-10H,11H2. The van der Waals surface area contributed by atoms with Gasteiger partial charge in [0.25, 0.3) is 5.22 Å². The fraction of sp³-hybridized carbons (Fsp3) is 0.0588. The topological polar surface area (TPSA) is 69.6 Å². The number of halogens is 1. The molecule has 8 heteroatoms. The van der Waals surface area contributed by atoms with Crippen molar-refractivity contribution < 1.29 is 4.42 Å². The van der Waals surface area contributed by atoms with Gasteiger partial charge in [-0.15, -0.1) is 15.3 Å². The third kappa shape index (κ3) is 3.57. The first-order valence-electron chi connectivity index (χ1n) is 7.47. The summed E-state index contributed by atoms with van der Waals surface area (Å²) in [7, 11) is 0. The molecule has 0 bridgehead atoms. The second-order valence-corrected chi connectivity index (χ2v) is 6.50. The molecule has 0 amide bonds. The summed E-state index contributed by atoms with van der Waals surface area (Å²) in [6, 6.07) is 17.1. The molecule has 2 aromatic carbocycles. The van der Waals surface area contributed by atoms with Gasteiger partial charge < -0.3 is 4.42 Å². The van der Waals surface area contributed by atoms with Gasteiger partial charge in [-0.3, -0.25) is 0 Å². The molecule has 0 fully saturated rings. The number of benzene rings is 2. The largest absolute Gasteiger partial charge is 0.411 e. The third-order valence-electron chi connectivity index (χ3n) is 3.46. The van der Waals surface area contributed by atoms with Crippen LogP contribution in [0.25, 0.3) is 17.1 Å². The van der Waals surface area contributed by atoms with Crippen LogP contribution < -0.4 is 0 Å². The molecule has 124 valence electrons. The minimum atomic E-state index is 0.467. The molecule has 25 heavy (non-hydrogen) atoms. The molecule has 0 radical (unpaired) electrons. The number of hydrogen-bond acceptors (Lipinski definition) is 6. The van der Waals surface area contributed by atoms with Crippen molar-refractivity contribution in [2.45, 2.75) is 11.0 Å². The summed E-state index contributed by atoms with van der Waals surface area (Å²) in [6.45, 7) is 0. The number of rotatable bonds is 5. The molecule has 4 aromatic rings. The molecule has 0 unspecified atom stereocenters. The SMILES string of the molecule is Clc1ccc(-c2nnc(SCc3cnnn3-c3ccccc3)o2)cc1. The van der Waals surface area contributed by atoms with Crippen molar-refractivity contribution in [2.24, 2.45) is 0 Å². The van der Waals surface area contributed by atoms with Crippen LogP contribution in [0.4, 0.5) is 0 Å². The van der Waals surface area contributed by atoms with E-state index >= 15 is 0 Å². The quantitative estimate of drug-likeness (QED) is 0.489. The molecule has 0 spiro atoms. The highest BCUT2D eigenvalue weighted by Gasteiger charge is 2.12. The van der Waals surface area contributed by atoms with E-state index in [-0.39, 0.29) is 0 Å². The molecule has 6 nitrogen and oxygen atoms in total. The zero-order valence-electron chi connectivity index (χ0n) is 12.9. The molecule has 0 saturated carbocycles. The molecule has 0 saturated heterocycles. The molecule has 0 aliphatic rings. The Morgan fingerprint density at radius 2 is 1.80 bits per heavy atom. The van der Waals surface area contributed by atoms with Crippen LogP contribution in [-0.4, -0.2) is 25.2 Å². The number of hydrogen-bond donors (Lipinski definition) is 0. The Labute approximate surface area is 152 Å². The summed E-state index contributed by atoms with van der Waals surface area (Å²) in [5.41, 5.74) is 2.74. The van der Waals surface area contributed by atoms with E-state index in [2.05, 4.69) is 20.5 Å². The van der Waals surface area contributed by atoms with Crippen LogP contribution in [-0.2, 0) is 5.75 Å². The first-order chi connectivity index (χ1) is 12.3. The lowest BCUT2D eigenvalue weighted by Gasteiger charge is -2.04. The van der Waals surface area contributed by atoms with Gasteiger partial charge >= 0.3 is 0 Å². The Balaban J connectivity index is 1.48. The lowest BCUT2D eigenvalue weighted by molar-refractivity contribution is 0.465. The number of thioether (sulfide) groups is 1. The minimum absolute atomic E-state index is 0.467. The molecular weight excluding hydrogens is 358 g/mol. The average Bonchev–Trinajstić information content (AvgIpc) is 3.31. The van der Waals surface area contributed by atoms with Gasteiger partial charge in [-0.25, -0.2) is 4.68 Å². The molecule has 0 aliphatic heterocycles. The van der Waals surface area contributed by atoms with Crippen LogP contribution in [0.3, 0.4) is 0 Å². The van der Waals surface area contributed by atoms with E-state index in [0.717, 1.165) is 16.9 Å². The van der Waals surface area contributed by atoms with Gasteiger partial charge in [0.15, 0.2) is 0 Å². The van der Waals surface area contributed by atoms with E-state index < -0.39 is 0 Å². The fourth-order valence-electron chi connectivity index (χ4n) is 2.25. The van der Waals surface area contributed by atoms with Gasteiger partial charge in [0.1, 0.15) is 0 Å². The van der Waals surface area contributed by atoms with Gasteiger partial charge in [-0.2, -0.15) is 0 Å². The van der Waals surface area contributed by atoms with Gasteiger partial charge in [0.05, 0.1) is 17.6 Å². The Bertz CT molecular complexity index is 968. The molecule has 4 rings (SSSR count). The van der Waals surface area contributed by atoms with Gasteiger partial charge in [-0.05, 0) is 36.4 Å². The summed E-state index contributed by atoms with van der Waals surface area (Å²) in [6.07, 6.45) is 1.73. The minimum Gasteiger partial charge on any atom is -0.411 e. The maximum absolute atomic E-state index is 5.89. The van der Waals surface area contributed by atoms with Crippen LogP contribution in [0, 0.1) is 0 Å². The van der Waals surface area contributed by atoms with Crippen molar-refractivity contribution in [1.82, 2.24) is 25.2 Å². The first-order valence-corrected chi connectivity index (χ1v) is 8.83. The number of nitrogens with zero attached hydrogens (tertiary/aromatic N) is 5. The Morgan fingerprint density at radius 3 is 2.60 bits per heavy atom. The normalized spacial score (nSPS) is 10.9. The van der Waals surface area contributed by atoms with Gasteiger partial charge in [0, 0.05) is 16.3 Å². The second kappa shape index (κ2) is 7.08. The predicted octanol–water partition coefficient (Wildman–Crippen LogP) is 4.26. The van der Waals surface area contributed by atoms with E-state index in [1.165, 1.54) is 11.8 Å². The van der Waals surface area contributed by atoms with Crippen molar-refractivity contribution in [1.29, 1.82) is 0 Å². The maximum atomic E-state index is 5.89. The third-order valence-corrected chi connectivity index (χ3v) is 4.57. The maximum Gasteiger partial charge on any atom is 0.277 e. The van der Waals surface area contributed by atoms with Crippen molar-refractivity contribution >= 4 is 23.4 Å². The van der Waals surface area contributed by atoms with Crippen LogP contribution >= 0.6 is 23.4 Å². The molecular formula is C17H12ClN5OS. The van der Waals surface area contributed by atoms with E-state index in [0.29, 0.717) is 21.9 Å². The van der Waals surface area contributed by atoms with Gasteiger partial charge in [0.2, 0.25) is 5.89 Å². The van der Waals surface area contributed by atoms with Crippen LogP contribution in [0.2, 0.25) is 5.02 Å². The average molecular weight is 370 g/mol. The molecule has 0 atom stereocenters. The van der Waals surface area contributed by atoms with Crippen LogP contribution in [0.15, 0.2) is 70.4 Å². The monoisotopic (exact) mass is 369 g/mol. The number of para-hydroxylation sites is 1. The van der Waals surface area contributed by atoms with E-state index in [1.54, 1.807) is 23.0 Å². The Morgan fingerprint density at radius 1 is 1.00 bits per heavy atom. The molecule has 0 aliphatic carbocycles. The lowest BCUT2D eigenvalue weighted by Crippen LogP contribution is -2.00. The lowest BCUT2D eigenvalue weighted by atomic mass is 10.2. The molecule has 2 heterocycles. The highest BCUT2D eigenvalue weighted by molar-refractivity contribution is 7.98. The molecule has 0 N–H and O–H groups in total. The van der Waals surface area contributed by atoms with Crippen LogP contribution in [0.1, 0.15) is 5.69 Å². The summed E-state index contributed by atoms with van der Waals surface area (Å²) >= 11 is 7.33. The van der Waals surface area contributed by atoms with Gasteiger partial charge in [-0.1, -0.05) is 46.8 Å². The Kier molecular flexibility index (Phi) is 4.49. The highest BCUT2D eigenvalue weighted by atomic mass is 35.5.